The van der Waals surface area contributed by atoms with Crippen molar-refractivity contribution in [1.82, 2.24) is 24.8 Å². The molecule has 5 rings (SSSR count). The Morgan fingerprint density at radius 3 is 2.18 bits per heavy atom. The first kappa shape index (κ1) is 17.1. The van der Waals surface area contributed by atoms with E-state index in [1.165, 1.54) is 22.3 Å². The third-order valence-electron chi connectivity index (χ3n) is 5.90. The summed E-state index contributed by atoms with van der Waals surface area (Å²) >= 11 is 0. The average Bonchev–Trinajstić information content (AvgIpc) is 3.36. The summed E-state index contributed by atoms with van der Waals surface area (Å²) < 4.78 is 1.66. The van der Waals surface area contributed by atoms with Gasteiger partial charge in [-0.2, -0.15) is 0 Å². The van der Waals surface area contributed by atoms with Gasteiger partial charge in [-0.3, -0.25) is 9.69 Å². The number of amides is 1. The zero-order chi connectivity index (χ0) is 19.1. The number of nitrogens with zero attached hydrogens (tertiary/aromatic N) is 5. The maximum atomic E-state index is 12.9. The molecule has 1 amide bonds. The fourth-order valence-corrected chi connectivity index (χ4v) is 4.52. The Labute approximate surface area is 164 Å². The largest absolute Gasteiger partial charge is 0.335 e. The van der Waals surface area contributed by atoms with Crippen molar-refractivity contribution in [1.29, 1.82) is 0 Å². The topological polar surface area (TPSA) is 54.3 Å². The van der Waals surface area contributed by atoms with Crippen LogP contribution in [-0.2, 0) is 6.54 Å². The Balaban J connectivity index is 1.37. The van der Waals surface area contributed by atoms with Crippen LogP contribution in [0.25, 0.3) is 11.1 Å². The number of fused-ring (bicyclic) bond motifs is 3. The molecule has 6 heteroatoms. The summed E-state index contributed by atoms with van der Waals surface area (Å²) in [4.78, 5) is 17.3. The molecule has 142 valence electrons. The first-order chi connectivity index (χ1) is 13.8. The fourth-order valence-electron chi connectivity index (χ4n) is 4.52. The number of hydrogen-bond acceptors (Lipinski definition) is 4. The van der Waals surface area contributed by atoms with E-state index in [2.05, 4.69) is 63.7 Å². The quantitative estimate of drug-likeness (QED) is 0.708. The molecule has 1 aliphatic carbocycles. The van der Waals surface area contributed by atoms with Crippen LogP contribution in [0.2, 0.25) is 0 Å². The highest BCUT2D eigenvalue weighted by Gasteiger charge is 2.35. The van der Waals surface area contributed by atoms with Gasteiger partial charge in [0.2, 0.25) is 0 Å². The first-order valence-electron chi connectivity index (χ1n) is 9.88. The number of rotatable bonds is 3. The molecular formula is C22H23N5O. The van der Waals surface area contributed by atoms with E-state index in [1.54, 1.807) is 10.9 Å². The van der Waals surface area contributed by atoms with Crippen molar-refractivity contribution >= 4 is 5.91 Å². The molecule has 28 heavy (non-hydrogen) atoms. The molecule has 2 aliphatic rings. The molecule has 0 saturated carbocycles. The first-order valence-corrected chi connectivity index (χ1v) is 9.88. The van der Waals surface area contributed by atoms with Crippen LogP contribution in [0.15, 0.2) is 54.7 Å². The lowest BCUT2D eigenvalue weighted by molar-refractivity contribution is 0.0588. The highest BCUT2D eigenvalue weighted by Crippen LogP contribution is 2.46. The standard InChI is InChI=1S/C22H23N5O/c1-2-27-20(15-23-24-27)22(28)26-13-11-25(12-14-26)21-18-9-5-3-7-16(18)17-8-4-6-10-19(17)21/h3-10,15,21H,2,11-14H2,1H3. The van der Waals surface area contributed by atoms with E-state index in [-0.39, 0.29) is 11.9 Å². The number of aromatic nitrogens is 3. The molecule has 2 aromatic carbocycles. The molecule has 6 nitrogen and oxygen atoms in total. The van der Waals surface area contributed by atoms with Gasteiger partial charge in [-0.15, -0.1) is 5.10 Å². The molecule has 1 saturated heterocycles. The van der Waals surface area contributed by atoms with E-state index in [0.29, 0.717) is 25.3 Å². The third kappa shape index (κ3) is 2.64. The summed E-state index contributed by atoms with van der Waals surface area (Å²) in [6.07, 6.45) is 1.57. The number of piperazine rings is 1. The number of carbonyl (C=O) groups excluding carboxylic acids is 1. The average molecular weight is 373 g/mol. The number of hydrogen-bond donors (Lipinski definition) is 0. The van der Waals surface area contributed by atoms with Crippen molar-refractivity contribution in [2.24, 2.45) is 0 Å². The maximum absolute atomic E-state index is 12.9. The predicted molar refractivity (Wildman–Crippen MR) is 107 cm³/mol. The molecule has 0 bridgehead atoms. The van der Waals surface area contributed by atoms with E-state index in [4.69, 9.17) is 0 Å². The summed E-state index contributed by atoms with van der Waals surface area (Å²) in [5.74, 6) is 0.0266. The van der Waals surface area contributed by atoms with Crippen LogP contribution in [0.4, 0.5) is 0 Å². The van der Waals surface area contributed by atoms with Crippen molar-refractivity contribution in [3.63, 3.8) is 0 Å². The minimum Gasteiger partial charge on any atom is -0.335 e. The van der Waals surface area contributed by atoms with Gasteiger partial charge in [0.05, 0.1) is 12.2 Å². The van der Waals surface area contributed by atoms with Crippen LogP contribution in [0, 0.1) is 0 Å². The van der Waals surface area contributed by atoms with Gasteiger partial charge in [0.25, 0.3) is 5.91 Å². The normalized spacial score (nSPS) is 16.8. The molecule has 0 radical (unpaired) electrons. The molecule has 1 aliphatic heterocycles. The van der Waals surface area contributed by atoms with Crippen molar-refractivity contribution in [2.45, 2.75) is 19.5 Å². The van der Waals surface area contributed by atoms with Gasteiger partial charge in [-0.25, -0.2) is 4.68 Å². The molecule has 3 aromatic rings. The van der Waals surface area contributed by atoms with Gasteiger partial charge in [0, 0.05) is 32.7 Å². The highest BCUT2D eigenvalue weighted by atomic mass is 16.2. The molecule has 0 N–H and O–H groups in total. The number of carbonyl (C=O) groups is 1. The van der Waals surface area contributed by atoms with Crippen LogP contribution in [0.1, 0.15) is 34.6 Å². The molecule has 2 heterocycles. The summed E-state index contributed by atoms with van der Waals surface area (Å²) in [6.45, 7) is 5.76. The van der Waals surface area contributed by atoms with Gasteiger partial charge in [-0.05, 0) is 29.2 Å². The van der Waals surface area contributed by atoms with E-state index in [1.807, 2.05) is 11.8 Å². The smallest absolute Gasteiger partial charge is 0.273 e. The van der Waals surface area contributed by atoms with Crippen molar-refractivity contribution in [3.05, 3.63) is 71.5 Å². The van der Waals surface area contributed by atoms with Crippen LogP contribution >= 0.6 is 0 Å². The van der Waals surface area contributed by atoms with E-state index >= 15 is 0 Å². The minimum atomic E-state index is 0.0266. The van der Waals surface area contributed by atoms with Crippen LogP contribution in [0.5, 0.6) is 0 Å². The summed E-state index contributed by atoms with van der Waals surface area (Å²) in [5.41, 5.74) is 5.99. The zero-order valence-corrected chi connectivity index (χ0v) is 16.0. The maximum Gasteiger partial charge on any atom is 0.273 e. The molecule has 0 spiro atoms. The van der Waals surface area contributed by atoms with Crippen LogP contribution in [-0.4, -0.2) is 56.9 Å². The Kier molecular flexibility index (Phi) is 4.20. The fraction of sp³-hybridized carbons (Fsp3) is 0.318. The predicted octanol–water partition coefficient (Wildman–Crippen LogP) is 2.83. The molecule has 0 unspecified atom stereocenters. The Hall–Kier alpha value is -2.99. The zero-order valence-electron chi connectivity index (χ0n) is 16.0. The Bertz CT molecular complexity index is 974. The summed E-state index contributed by atoms with van der Waals surface area (Å²) in [5, 5.41) is 7.88. The third-order valence-corrected chi connectivity index (χ3v) is 5.90. The SMILES string of the molecule is CCn1nncc1C(=O)N1CCN(C2c3ccccc3-c3ccccc32)CC1. The highest BCUT2D eigenvalue weighted by molar-refractivity contribution is 5.92. The van der Waals surface area contributed by atoms with Crippen LogP contribution in [0.3, 0.4) is 0 Å². The molecule has 1 fully saturated rings. The summed E-state index contributed by atoms with van der Waals surface area (Å²) in [7, 11) is 0. The molecule has 0 atom stereocenters. The van der Waals surface area contributed by atoms with Gasteiger partial charge in [-0.1, -0.05) is 53.7 Å². The van der Waals surface area contributed by atoms with Crippen molar-refractivity contribution in [3.8, 4) is 11.1 Å². The van der Waals surface area contributed by atoms with Gasteiger partial charge >= 0.3 is 0 Å². The van der Waals surface area contributed by atoms with Crippen molar-refractivity contribution < 1.29 is 4.79 Å². The Morgan fingerprint density at radius 2 is 1.57 bits per heavy atom. The van der Waals surface area contributed by atoms with Gasteiger partial charge in [0.15, 0.2) is 0 Å². The Morgan fingerprint density at radius 1 is 0.964 bits per heavy atom. The van der Waals surface area contributed by atoms with E-state index in [0.717, 1.165) is 13.1 Å². The molecule has 1 aromatic heterocycles. The lowest BCUT2D eigenvalue weighted by Gasteiger charge is -2.38. The minimum absolute atomic E-state index is 0.0266. The van der Waals surface area contributed by atoms with E-state index in [9.17, 15) is 4.79 Å². The molecular weight excluding hydrogens is 350 g/mol. The number of aryl methyl sites for hydroxylation is 1. The lowest BCUT2D eigenvalue weighted by Crippen LogP contribution is -2.50. The monoisotopic (exact) mass is 373 g/mol. The summed E-state index contributed by atoms with van der Waals surface area (Å²) in [6, 6.07) is 17.6. The lowest BCUT2D eigenvalue weighted by atomic mass is 10.0. The van der Waals surface area contributed by atoms with Crippen LogP contribution < -0.4 is 0 Å². The second-order valence-electron chi connectivity index (χ2n) is 7.34. The van der Waals surface area contributed by atoms with Gasteiger partial charge in [0.1, 0.15) is 5.69 Å². The number of benzene rings is 2. The van der Waals surface area contributed by atoms with E-state index < -0.39 is 0 Å². The van der Waals surface area contributed by atoms with Crippen molar-refractivity contribution in [2.75, 3.05) is 26.2 Å². The second kappa shape index (κ2) is 6.87. The van der Waals surface area contributed by atoms with Gasteiger partial charge < -0.3 is 4.90 Å². The second-order valence-corrected chi connectivity index (χ2v) is 7.34.